The van der Waals surface area contributed by atoms with Gasteiger partial charge in [0, 0.05) is 24.2 Å². The summed E-state index contributed by atoms with van der Waals surface area (Å²) in [6.45, 7) is 1.91. The van der Waals surface area contributed by atoms with Crippen molar-refractivity contribution < 1.29 is 9.53 Å². The molecule has 15 heavy (non-hydrogen) atoms. The molecule has 0 aliphatic rings. The standard InChI is InChI=1S/C11H16N2O2/c1-8(6-11(12)14)13-9-4-3-5-10(7-9)15-2/h3-5,7-8,13H,6H2,1-2H3,(H2,12,14). The van der Waals surface area contributed by atoms with E-state index in [9.17, 15) is 4.79 Å². The Kier molecular flexibility index (Phi) is 3.97. The summed E-state index contributed by atoms with van der Waals surface area (Å²) in [6, 6.07) is 7.56. The van der Waals surface area contributed by atoms with Crippen LogP contribution in [0.25, 0.3) is 0 Å². The summed E-state index contributed by atoms with van der Waals surface area (Å²) >= 11 is 0. The minimum atomic E-state index is -0.308. The molecule has 0 aliphatic heterocycles. The number of benzene rings is 1. The van der Waals surface area contributed by atoms with E-state index in [1.807, 2.05) is 31.2 Å². The van der Waals surface area contributed by atoms with Crippen molar-refractivity contribution in [2.75, 3.05) is 12.4 Å². The first-order valence-corrected chi connectivity index (χ1v) is 4.80. The third-order valence-electron chi connectivity index (χ3n) is 1.99. The molecule has 1 aromatic carbocycles. The van der Waals surface area contributed by atoms with Gasteiger partial charge < -0.3 is 15.8 Å². The summed E-state index contributed by atoms with van der Waals surface area (Å²) in [5.41, 5.74) is 6.02. The summed E-state index contributed by atoms with van der Waals surface area (Å²) in [6.07, 6.45) is 0.317. The van der Waals surface area contributed by atoms with Crippen LogP contribution in [0.5, 0.6) is 5.75 Å². The molecule has 4 heteroatoms. The van der Waals surface area contributed by atoms with Gasteiger partial charge in [-0.25, -0.2) is 0 Å². The maximum Gasteiger partial charge on any atom is 0.219 e. The molecular weight excluding hydrogens is 192 g/mol. The maximum atomic E-state index is 10.7. The Morgan fingerprint density at radius 3 is 2.93 bits per heavy atom. The monoisotopic (exact) mass is 208 g/mol. The number of primary amides is 1. The number of methoxy groups -OCH3 is 1. The molecule has 0 saturated heterocycles. The van der Waals surface area contributed by atoms with Crippen molar-refractivity contribution in [2.45, 2.75) is 19.4 Å². The van der Waals surface area contributed by atoms with E-state index in [0.717, 1.165) is 11.4 Å². The van der Waals surface area contributed by atoms with Crippen LogP contribution < -0.4 is 15.8 Å². The molecule has 0 spiro atoms. The van der Waals surface area contributed by atoms with Crippen LogP contribution in [0.15, 0.2) is 24.3 Å². The van der Waals surface area contributed by atoms with Crippen LogP contribution in [-0.4, -0.2) is 19.1 Å². The van der Waals surface area contributed by atoms with Crippen molar-refractivity contribution in [1.29, 1.82) is 0 Å². The number of rotatable bonds is 5. The van der Waals surface area contributed by atoms with Gasteiger partial charge >= 0.3 is 0 Å². The first kappa shape index (κ1) is 11.4. The zero-order chi connectivity index (χ0) is 11.3. The van der Waals surface area contributed by atoms with Crippen molar-refractivity contribution in [2.24, 2.45) is 5.73 Å². The topological polar surface area (TPSA) is 64.3 Å². The van der Waals surface area contributed by atoms with Gasteiger partial charge in [0.15, 0.2) is 0 Å². The number of hydrogen-bond acceptors (Lipinski definition) is 3. The fraction of sp³-hybridized carbons (Fsp3) is 0.364. The van der Waals surface area contributed by atoms with Gasteiger partial charge in [-0.2, -0.15) is 0 Å². The molecule has 3 N–H and O–H groups in total. The van der Waals surface area contributed by atoms with Gasteiger partial charge in [-0.05, 0) is 19.1 Å². The Hall–Kier alpha value is -1.71. The highest BCUT2D eigenvalue weighted by atomic mass is 16.5. The van der Waals surface area contributed by atoms with Crippen molar-refractivity contribution in [3.8, 4) is 5.75 Å². The van der Waals surface area contributed by atoms with Gasteiger partial charge in [-0.1, -0.05) is 6.07 Å². The van der Waals surface area contributed by atoms with Crippen LogP contribution >= 0.6 is 0 Å². The molecule has 0 fully saturated rings. The number of ether oxygens (including phenoxy) is 1. The molecule has 82 valence electrons. The zero-order valence-electron chi connectivity index (χ0n) is 8.99. The van der Waals surface area contributed by atoms with Gasteiger partial charge in [0.1, 0.15) is 5.75 Å². The molecule has 0 heterocycles. The molecule has 4 nitrogen and oxygen atoms in total. The summed E-state index contributed by atoms with van der Waals surface area (Å²) < 4.78 is 5.09. The van der Waals surface area contributed by atoms with Gasteiger partial charge in [-0.15, -0.1) is 0 Å². The van der Waals surface area contributed by atoms with E-state index in [1.165, 1.54) is 0 Å². The molecule has 1 unspecified atom stereocenters. The Morgan fingerprint density at radius 1 is 1.60 bits per heavy atom. The molecule has 1 atom stereocenters. The second-order valence-electron chi connectivity index (χ2n) is 3.45. The third-order valence-corrected chi connectivity index (χ3v) is 1.99. The van der Waals surface area contributed by atoms with Gasteiger partial charge in [0.2, 0.25) is 5.91 Å². The lowest BCUT2D eigenvalue weighted by molar-refractivity contribution is -0.118. The van der Waals surface area contributed by atoms with Gasteiger partial charge in [-0.3, -0.25) is 4.79 Å². The summed E-state index contributed by atoms with van der Waals surface area (Å²) in [5, 5.41) is 3.17. The van der Waals surface area contributed by atoms with Crippen LogP contribution in [0.3, 0.4) is 0 Å². The quantitative estimate of drug-likeness (QED) is 0.768. The Bertz CT molecular complexity index is 339. The van der Waals surface area contributed by atoms with Gasteiger partial charge in [0.05, 0.1) is 7.11 Å². The van der Waals surface area contributed by atoms with E-state index < -0.39 is 0 Å². The predicted molar refractivity (Wildman–Crippen MR) is 59.9 cm³/mol. The number of amides is 1. The van der Waals surface area contributed by atoms with E-state index in [0.29, 0.717) is 6.42 Å². The number of carbonyl (C=O) groups is 1. The number of hydrogen-bond donors (Lipinski definition) is 2. The van der Waals surface area contributed by atoms with Crippen LogP contribution in [0.1, 0.15) is 13.3 Å². The van der Waals surface area contributed by atoms with Crippen molar-refractivity contribution >= 4 is 11.6 Å². The molecule has 0 aliphatic carbocycles. The largest absolute Gasteiger partial charge is 0.497 e. The highest BCUT2D eigenvalue weighted by molar-refractivity contribution is 5.74. The molecule has 0 aromatic heterocycles. The minimum absolute atomic E-state index is 0.0228. The molecule has 0 bridgehead atoms. The van der Waals surface area contributed by atoms with Crippen LogP contribution in [0.2, 0.25) is 0 Å². The zero-order valence-corrected chi connectivity index (χ0v) is 8.99. The fourth-order valence-electron chi connectivity index (χ4n) is 1.35. The Labute approximate surface area is 89.4 Å². The predicted octanol–water partition coefficient (Wildman–Crippen LogP) is 1.37. The SMILES string of the molecule is COc1cccc(NC(C)CC(N)=O)c1. The smallest absolute Gasteiger partial charge is 0.219 e. The van der Waals surface area contributed by atoms with E-state index in [-0.39, 0.29) is 11.9 Å². The van der Waals surface area contributed by atoms with Crippen LogP contribution in [0.4, 0.5) is 5.69 Å². The average molecular weight is 208 g/mol. The first-order chi connectivity index (χ1) is 7.11. The van der Waals surface area contributed by atoms with Crippen molar-refractivity contribution in [3.63, 3.8) is 0 Å². The lowest BCUT2D eigenvalue weighted by atomic mass is 10.2. The lowest BCUT2D eigenvalue weighted by Gasteiger charge is -2.13. The van der Waals surface area contributed by atoms with E-state index >= 15 is 0 Å². The Balaban J connectivity index is 2.59. The second-order valence-corrected chi connectivity index (χ2v) is 3.45. The van der Waals surface area contributed by atoms with Crippen LogP contribution in [0, 0.1) is 0 Å². The van der Waals surface area contributed by atoms with Gasteiger partial charge in [0.25, 0.3) is 0 Å². The number of nitrogens with one attached hydrogen (secondary N) is 1. The maximum absolute atomic E-state index is 10.7. The normalized spacial score (nSPS) is 11.9. The average Bonchev–Trinajstić information content (AvgIpc) is 2.16. The molecule has 1 amide bonds. The van der Waals surface area contributed by atoms with E-state index in [4.69, 9.17) is 10.5 Å². The fourth-order valence-corrected chi connectivity index (χ4v) is 1.35. The highest BCUT2D eigenvalue weighted by Gasteiger charge is 2.05. The number of carbonyl (C=O) groups excluding carboxylic acids is 1. The van der Waals surface area contributed by atoms with E-state index in [2.05, 4.69) is 5.32 Å². The van der Waals surface area contributed by atoms with Crippen molar-refractivity contribution in [1.82, 2.24) is 0 Å². The number of anilines is 1. The summed E-state index contributed by atoms with van der Waals surface area (Å²) in [4.78, 5) is 10.7. The van der Waals surface area contributed by atoms with Crippen molar-refractivity contribution in [3.05, 3.63) is 24.3 Å². The summed E-state index contributed by atoms with van der Waals surface area (Å²) in [7, 11) is 1.62. The molecule has 1 rings (SSSR count). The first-order valence-electron chi connectivity index (χ1n) is 4.80. The lowest BCUT2D eigenvalue weighted by Crippen LogP contribution is -2.23. The highest BCUT2D eigenvalue weighted by Crippen LogP contribution is 2.17. The van der Waals surface area contributed by atoms with Crippen LogP contribution in [-0.2, 0) is 4.79 Å². The second kappa shape index (κ2) is 5.24. The molecule has 1 aromatic rings. The molecule has 0 radical (unpaired) electrons. The molecular formula is C11H16N2O2. The summed E-state index contributed by atoms with van der Waals surface area (Å²) in [5.74, 6) is 0.476. The Morgan fingerprint density at radius 2 is 2.33 bits per heavy atom. The minimum Gasteiger partial charge on any atom is -0.497 e. The third kappa shape index (κ3) is 3.89. The number of nitrogens with two attached hydrogens (primary N) is 1. The van der Waals surface area contributed by atoms with E-state index in [1.54, 1.807) is 7.11 Å². The molecule has 0 saturated carbocycles.